The van der Waals surface area contributed by atoms with Gasteiger partial charge in [0, 0.05) is 10.8 Å². The second-order valence-electron chi connectivity index (χ2n) is 4.14. The fourth-order valence-electron chi connectivity index (χ4n) is 1.51. The van der Waals surface area contributed by atoms with Gasteiger partial charge in [-0.05, 0) is 42.5 Å². The van der Waals surface area contributed by atoms with Crippen molar-refractivity contribution in [3.8, 4) is 0 Å². The predicted octanol–water partition coefficient (Wildman–Crippen LogP) is 3.05. The van der Waals surface area contributed by atoms with Gasteiger partial charge in [-0.1, -0.05) is 6.07 Å². The molecular formula is C12H11ClN4O6S2. The maximum Gasteiger partial charge on any atom is 0.294 e. The molecule has 0 aromatic heterocycles. The Balaban J connectivity index is 0.00000185. The molecule has 0 amide bonds. The van der Waals surface area contributed by atoms with Crippen molar-refractivity contribution >= 4 is 44.0 Å². The van der Waals surface area contributed by atoms with Gasteiger partial charge in [0.15, 0.2) is 0 Å². The molecule has 0 atom stereocenters. The van der Waals surface area contributed by atoms with Crippen LogP contribution in [0.1, 0.15) is 0 Å². The van der Waals surface area contributed by atoms with Crippen molar-refractivity contribution in [1.82, 2.24) is 0 Å². The third-order valence-electron chi connectivity index (χ3n) is 2.53. The van der Waals surface area contributed by atoms with Crippen LogP contribution in [-0.2, 0) is 20.2 Å². The van der Waals surface area contributed by atoms with Crippen molar-refractivity contribution in [3.05, 3.63) is 48.5 Å². The van der Waals surface area contributed by atoms with Crippen LogP contribution in [0.25, 0.3) is 0 Å². The molecular weight excluding hydrogens is 396 g/mol. The molecule has 25 heavy (non-hydrogen) atoms. The van der Waals surface area contributed by atoms with Crippen LogP contribution in [0.15, 0.2) is 68.6 Å². The summed E-state index contributed by atoms with van der Waals surface area (Å²) in [7, 11) is -8.60. The van der Waals surface area contributed by atoms with Gasteiger partial charge in [-0.2, -0.15) is 27.1 Å². The molecule has 2 aromatic carbocycles. The quantitative estimate of drug-likeness (QED) is 0.441. The van der Waals surface area contributed by atoms with Crippen molar-refractivity contribution in [3.63, 3.8) is 0 Å². The normalized spacial score (nSPS) is 11.2. The second-order valence-corrected chi connectivity index (χ2v) is 6.98. The molecule has 0 heterocycles. The lowest BCUT2D eigenvalue weighted by Crippen LogP contribution is -1.96. The second kappa shape index (κ2) is 9.16. The van der Waals surface area contributed by atoms with Gasteiger partial charge in [0.05, 0.1) is 21.2 Å². The highest BCUT2D eigenvalue weighted by Crippen LogP contribution is 2.22. The molecule has 0 bridgehead atoms. The number of hydrogen-bond acceptors (Lipinski definition) is 8. The molecule has 10 nitrogen and oxygen atoms in total. The zero-order valence-corrected chi connectivity index (χ0v) is 14.6. The Morgan fingerprint density at radius 3 is 1.68 bits per heavy atom. The van der Waals surface area contributed by atoms with E-state index in [1.54, 1.807) is 0 Å². The molecule has 13 heteroatoms. The zero-order chi connectivity index (χ0) is 18.4. The Labute approximate surface area is 149 Å². The van der Waals surface area contributed by atoms with Crippen LogP contribution in [0.5, 0.6) is 0 Å². The minimum Gasteiger partial charge on any atom is -0.282 e. The Hall–Kier alpha value is -2.43. The minimum atomic E-state index is -4.33. The van der Waals surface area contributed by atoms with Crippen molar-refractivity contribution in [1.29, 1.82) is 10.8 Å². The number of halogens is 1. The van der Waals surface area contributed by atoms with Crippen LogP contribution in [0.2, 0.25) is 0 Å². The molecule has 0 spiro atoms. The molecule has 2 rings (SSSR count). The third kappa shape index (κ3) is 6.91. The van der Waals surface area contributed by atoms with E-state index in [1.165, 1.54) is 30.3 Å². The average molecular weight is 407 g/mol. The largest absolute Gasteiger partial charge is 0.294 e. The van der Waals surface area contributed by atoms with E-state index < -0.39 is 20.2 Å². The van der Waals surface area contributed by atoms with Gasteiger partial charge in [-0.15, -0.1) is 12.4 Å². The number of nitrogens with zero attached hydrogens (tertiary/aromatic N) is 4. The molecule has 0 radical (unpaired) electrons. The van der Waals surface area contributed by atoms with Crippen molar-refractivity contribution < 1.29 is 25.9 Å². The summed E-state index contributed by atoms with van der Waals surface area (Å²) < 4.78 is 61.5. The van der Waals surface area contributed by atoms with Crippen LogP contribution in [0.3, 0.4) is 0 Å². The first-order valence-electron chi connectivity index (χ1n) is 5.93. The predicted molar refractivity (Wildman–Crippen MR) is 87.4 cm³/mol. The first-order chi connectivity index (χ1) is 11.2. The number of benzene rings is 2. The summed E-state index contributed by atoms with van der Waals surface area (Å²) in [5.41, 5.74) is 0.485. The van der Waals surface area contributed by atoms with Gasteiger partial charge in [0.25, 0.3) is 20.2 Å². The number of rotatable bonds is 4. The summed E-state index contributed by atoms with van der Waals surface area (Å²) in [5, 5.41) is 19.6. The lowest BCUT2D eigenvalue weighted by molar-refractivity contribution is 0.481. The first kappa shape index (κ1) is 22.6. The van der Waals surface area contributed by atoms with Gasteiger partial charge in [0.2, 0.25) is 0 Å². The molecule has 0 fully saturated rings. The molecule has 0 aliphatic rings. The average Bonchev–Trinajstić information content (AvgIpc) is 2.54. The summed E-state index contributed by atoms with van der Waals surface area (Å²) in [6, 6.07) is 10.1. The Morgan fingerprint density at radius 2 is 1.20 bits per heavy atom. The maximum absolute atomic E-state index is 11.0. The number of hydrogen-bond donors (Lipinski definition) is 2. The minimum absolute atomic E-state index is 0. The van der Waals surface area contributed by atoms with E-state index in [0.717, 1.165) is 18.2 Å². The third-order valence-corrected chi connectivity index (χ3v) is 4.25. The van der Waals surface area contributed by atoms with E-state index in [4.69, 9.17) is 19.9 Å². The van der Waals surface area contributed by atoms with Crippen molar-refractivity contribution in [2.75, 3.05) is 0 Å². The van der Waals surface area contributed by atoms with E-state index in [9.17, 15) is 16.8 Å². The van der Waals surface area contributed by atoms with Crippen LogP contribution in [0.4, 0.5) is 11.4 Å². The molecule has 2 aromatic rings. The molecule has 0 unspecified atom stereocenters. The molecule has 134 valence electrons. The monoisotopic (exact) mass is 406 g/mol. The highest BCUT2D eigenvalue weighted by molar-refractivity contribution is 7.86. The summed E-state index contributed by atoms with van der Waals surface area (Å²) in [6.07, 6.45) is 0. The summed E-state index contributed by atoms with van der Waals surface area (Å²) in [4.78, 5) is -0.592. The van der Waals surface area contributed by atoms with Crippen LogP contribution in [0, 0.1) is 10.8 Å². The van der Waals surface area contributed by atoms with Gasteiger partial charge in [-0.3, -0.25) is 9.11 Å². The Bertz CT molecular complexity index is 972. The highest BCUT2D eigenvalue weighted by Gasteiger charge is 2.10. The number of azo groups is 1. The van der Waals surface area contributed by atoms with Gasteiger partial charge in [-0.25, -0.2) is 0 Å². The van der Waals surface area contributed by atoms with E-state index in [-0.39, 0.29) is 27.9 Å². The Kier molecular flexibility index (Phi) is 8.27. The fourth-order valence-corrected chi connectivity index (χ4v) is 2.51. The highest BCUT2D eigenvalue weighted by atomic mass is 35.5. The first-order valence-corrected chi connectivity index (χ1v) is 8.81. The molecule has 0 aliphatic heterocycles. The molecule has 0 saturated heterocycles. The van der Waals surface area contributed by atoms with E-state index >= 15 is 0 Å². The van der Waals surface area contributed by atoms with Gasteiger partial charge >= 0.3 is 0 Å². The van der Waals surface area contributed by atoms with E-state index in [0.29, 0.717) is 5.69 Å². The zero-order valence-electron chi connectivity index (χ0n) is 12.2. The topological polar surface area (TPSA) is 181 Å². The molecule has 0 saturated carbocycles. The maximum atomic E-state index is 11.0. The lowest BCUT2D eigenvalue weighted by Gasteiger charge is -1.98. The van der Waals surface area contributed by atoms with Crippen LogP contribution < -0.4 is 0 Å². The van der Waals surface area contributed by atoms with Gasteiger partial charge < -0.3 is 0 Å². The van der Waals surface area contributed by atoms with Gasteiger partial charge in [0.1, 0.15) is 0 Å². The van der Waals surface area contributed by atoms with E-state index in [2.05, 4.69) is 10.2 Å². The van der Waals surface area contributed by atoms with Crippen LogP contribution >= 0.6 is 12.4 Å². The molecule has 2 N–H and O–H groups in total. The van der Waals surface area contributed by atoms with E-state index in [1.807, 2.05) is 0 Å². The summed E-state index contributed by atoms with van der Waals surface area (Å²) in [6.45, 7) is 0. The standard InChI is InChI=1S/C12H10N2O6S2.ClH.N2/c15-21(16,17)11-6-4-9(5-7-11)13-14-10-2-1-3-12(8-10)22(18,19)20;;1-2/h1-8H,(H,15,16,17)(H,18,19,20);1H;. The fraction of sp³-hybridized carbons (Fsp3) is 0. The summed E-state index contributed by atoms with van der Waals surface area (Å²) >= 11 is 0. The molecule has 0 aliphatic carbocycles. The Morgan fingerprint density at radius 1 is 0.720 bits per heavy atom. The lowest BCUT2D eigenvalue weighted by atomic mass is 10.3. The van der Waals surface area contributed by atoms with Crippen LogP contribution in [-0.4, -0.2) is 25.9 Å². The smallest absolute Gasteiger partial charge is 0.282 e. The van der Waals surface area contributed by atoms with Crippen molar-refractivity contribution in [2.24, 2.45) is 10.2 Å². The SMILES string of the molecule is Cl.N#N.O=S(=O)(O)c1ccc(N=Nc2cccc(S(=O)(=O)O)c2)cc1. The van der Waals surface area contributed by atoms with Crippen molar-refractivity contribution in [2.45, 2.75) is 9.79 Å². The summed E-state index contributed by atoms with van der Waals surface area (Å²) in [5.74, 6) is 0.